The van der Waals surface area contributed by atoms with Crippen molar-refractivity contribution in [3.8, 4) is 24.7 Å². The van der Waals surface area contributed by atoms with Crippen LogP contribution in [0.15, 0.2) is 170 Å². The molecule has 0 saturated heterocycles. The zero-order chi connectivity index (χ0) is 32.8. The normalized spacial score (nSPS) is 20.2. The molecule has 0 radical (unpaired) electrons. The van der Waals surface area contributed by atoms with Crippen LogP contribution in [0.5, 0.6) is 0 Å². The lowest BCUT2D eigenvalue weighted by atomic mass is 9.86. The largest absolute Gasteiger partial charge is 0.465 e. The van der Waals surface area contributed by atoms with E-state index in [1.54, 1.807) is 0 Å². The first kappa shape index (κ1) is 30.2. The van der Waals surface area contributed by atoms with Crippen LogP contribution >= 0.6 is 0 Å². The highest BCUT2D eigenvalue weighted by Gasteiger charge is 2.44. The molecule has 2 aliphatic heterocycles. The molecule has 0 N–H and O–H groups in total. The van der Waals surface area contributed by atoms with Gasteiger partial charge in [-0.3, -0.25) is 0 Å². The van der Waals surface area contributed by atoms with Crippen molar-refractivity contribution in [3.63, 3.8) is 0 Å². The standard InChI is InChI=1S/2C23H16O/c2*1-2-23(19-13-7-4-8-14-19)21-16-10-9-15-20(21)22(24-23)17-18-11-5-3-6-12-18/h2*1,3-17H/b2*22-17-/t2*23-/m10/s1. The third-order valence-electron chi connectivity index (χ3n) is 8.63. The molecule has 0 aromatic heterocycles. The molecule has 2 nitrogen and oxygen atoms in total. The minimum Gasteiger partial charge on any atom is -0.465 e. The Hall–Kier alpha value is -6.48. The van der Waals surface area contributed by atoms with Gasteiger partial charge in [0, 0.05) is 33.4 Å². The number of ether oxygens (including phenoxy) is 2. The van der Waals surface area contributed by atoms with Crippen LogP contribution in [0.4, 0.5) is 0 Å². The van der Waals surface area contributed by atoms with Gasteiger partial charge in [-0.2, -0.15) is 0 Å². The minimum atomic E-state index is -0.877. The van der Waals surface area contributed by atoms with E-state index >= 15 is 0 Å². The Balaban J connectivity index is 0.000000152. The summed E-state index contributed by atoms with van der Waals surface area (Å²) in [5.41, 5.74) is 6.48. The summed E-state index contributed by atoms with van der Waals surface area (Å²) < 4.78 is 12.8. The van der Waals surface area contributed by atoms with Crippen molar-refractivity contribution in [3.05, 3.63) is 214 Å². The zero-order valence-electron chi connectivity index (χ0n) is 26.3. The second kappa shape index (κ2) is 13.1. The summed E-state index contributed by atoms with van der Waals surface area (Å²) in [6.45, 7) is 0. The summed E-state index contributed by atoms with van der Waals surface area (Å²) >= 11 is 0. The molecule has 2 heteroatoms. The van der Waals surface area contributed by atoms with Crippen molar-refractivity contribution < 1.29 is 9.47 Å². The Kier molecular flexibility index (Phi) is 8.24. The molecule has 6 aromatic rings. The van der Waals surface area contributed by atoms with Crippen LogP contribution in [-0.2, 0) is 20.7 Å². The highest BCUT2D eigenvalue weighted by Crippen LogP contribution is 2.48. The molecular formula is C46H32O2. The summed E-state index contributed by atoms with van der Waals surface area (Å²) in [5.74, 6) is 7.41. The monoisotopic (exact) mass is 616 g/mol. The van der Waals surface area contributed by atoms with Gasteiger partial charge >= 0.3 is 0 Å². The maximum Gasteiger partial charge on any atom is 0.221 e. The molecule has 2 atom stereocenters. The first-order chi connectivity index (χ1) is 23.7. The van der Waals surface area contributed by atoms with E-state index in [2.05, 4.69) is 48.2 Å². The fraction of sp³-hybridized carbons (Fsp3) is 0.0435. The van der Waals surface area contributed by atoms with Crippen molar-refractivity contribution in [1.82, 2.24) is 0 Å². The maximum atomic E-state index is 6.38. The molecule has 2 aliphatic rings. The molecule has 0 saturated carbocycles. The first-order valence-corrected chi connectivity index (χ1v) is 15.8. The van der Waals surface area contributed by atoms with E-state index in [-0.39, 0.29) is 0 Å². The minimum absolute atomic E-state index is 0.804. The average molecular weight is 617 g/mol. The molecule has 0 fully saturated rings. The molecule has 228 valence electrons. The Bertz CT molecular complexity index is 2030. The van der Waals surface area contributed by atoms with E-state index in [1.165, 1.54) is 0 Å². The van der Waals surface area contributed by atoms with E-state index in [4.69, 9.17) is 22.3 Å². The lowest BCUT2D eigenvalue weighted by Gasteiger charge is -2.24. The third-order valence-corrected chi connectivity index (χ3v) is 8.63. The van der Waals surface area contributed by atoms with Gasteiger partial charge in [0.25, 0.3) is 0 Å². The quantitative estimate of drug-likeness (QED) is 0.184. The van der Waals surface area contributed by atoms with Gasteiger partial charge in [0.05, 0.1) is 0 Å². The molecular weight excluding hydrogens is 585 g/mol. The number of fused-ring (bicyclic) bond motifs is 2. The molecule has 0 amide bonds. The summed E-state index contributed by atoms with van der Waals surface area (Å²) in [7, 11) is 0. The SMILES string of the molecule is C#C[C@@]1(c2ccccc2)O/C(=C\c2ccccc2)c2ccccc21.C#C[C@]1(c2ccccc2)O/C(=C\c2ccccc2)c2ccccc21. The van der Waals surface area contributed by atoms with E-state index in [0.29, 0.717) is 0 Å². The summed E-state index contributed by atoms with van der Waals surface area (Å²) in [5, 5.41) is 0. The topological polar surface area (TPSA) is 18.5 Å². The number of hydrogen-bond donors (Lipinski definition) is 0. The predicted octanol–water partition coefficient (Wildman–Crippen LogP) is 10.2. The van der Waals surface area contributed by atoms with Gasteiger partial charge < -0.3 is 9.47 Å². The van der Waals surface area contributed by atoms with Crippen LogP contribution in [0.3, 0.4) is 0 Å². The first-order valence-electron chi connectivity index (χ1n) is 15.8. The summed E-state index contributed by atoms with van der Waals surface area (Å²) in [6.07, 6.45) is 16.0. The fourth-order valence-corrected chi connectivity index (χ4v) is 6.33. The van der Waals surface area contributed by atoms with Crippen molar-refractivity contribution in [2.75, 3.05) is 0 Å². The Labute approximate surface area is 282 Å². The second-order valence-corrected chi connectivity index (χ2v) is 11.5. The van der Waals surface area contributed by atoms with Gasteiger partial charge in [0.1, 0.15) is 11.5 Å². The molecule has 48 heavy (non-hydrogen) atoms. The van der Waals surface area contributed by atoms with Crippen LogP contribution in [-0.4, -0.2) is 0 Å². The van der Waals surface area contributed by atoms with E-state index < -0.39 is 11.2 Å². The van der Waals surface area contributed by atoms with Crippen LogP contribution in [0.1, 0.15) is 44.5 Å². The summed E-state index contributed by atoms with van der Waals surface area (Å²) in [4.78, 5) is 0. The van der Waals surface area contributed by atoms with Crippen molar-refractivity contribution in [2.45, 2.75) is 11.2 Å². The number of rotatable bonds is 4. The lowest BCUT2D eigenvalue weighted by Crippen LogP contribution is -2.24. The average Bonchev–Trinajstić information content (AvgIpc) is 3.67. The zero-order valence-corrected chi connectivity index (χ0v) is 26.3. The third kappa shape index (κ3) is 5.47. The van der Waals surface area contributed by atoms with Gasteiger partial charge in [-0.05, 0) is 35.1 Å². The van der Waals surface area contributed by atoms with Crippen molar-refractivity contribution in [2.24, 2.45) is 0 Å². The highest BCUT2D eigenvalue weighted by molar-refractivity contribution is 5.84. The van der Waals surface area contributed by atoms with Crippen molar-refractivity contribution in [1.29, 1.82) is 0 Å². The molecule has 6 aromatic carbocycles. The van der Waals surface area contributed by atoms with Crippen molar-refractivity contribution >= 4 is 23.7 Å². The van der Waals surface area contributed by atoms with E-state index in [1.807, 2.05) is 146 Å². The number of terminal acetylenes is 2. The smallest absolute Gasteiger partial charge is 0.221 e. The van der Waals surface area contributed by atoms with Gasteiger partial charge in [-0.1, -0.05) is 170 Å². The van der Waals surface area contributed by atoms with Crippen LogP contribution < -0.4 is 0 Å². The second-order valence-electron chi connectivity index (χ2n) is 11.5. The number of hydrogen-bond acceptors (Lipinski definition) is 2. The predicted molar refractivity (Wildman–Crippen MR) is 196 cm³/mol. The van der Waals surface area contributed by atoms with Crippen LogP contribution in [0.25, 0.3) is 23.7 Å². The molecule has 0 aliphatic carbocycles. The fourth-order valence-electron chi connectivity index (χ4n) is 6.33. The highest BCUT2D eigenvalue weighted by atomic mass is 16.5. The van der Waals surface area contributed by atoms with Gasteiger partial charge in [0.2, 0.25) is 11.2 Å². The molecule has 8 rings (SSSR count). The van der Waals surface area contributed by atoms with Crippen LogP contribution in [0, 0.1) is 24.7 Å². The molecule has 2 heterocycles. The lowest BCUT2D eigenvalue weighted by molar-refractivity contribution is 0.158. The van der Waals surface area contributed by atoms with Gasteiger partial charge in [-0.25, -0.2) is 0 Å². The summed E-state index contributed by atoms with van der Waals surface area (Å²) in [6, 6.07) is 56.5. The Morgan fingerprint density at radius 3 is 1.06 bits per heavy atom. The van der Waals surface area contributed by atoms with E-state index in [0.717, 1.165) is 56.0 Å². The molecule has 0 spiro atoms. The van der Waals surface area contributed by atoms with Crippen LogP contribution in [0.2, 0.25) is 0 Å². The molecule has 0 bridgehead atoms. The maximum absolute atomic E-state index is 6.38. The number of benzene rings is 6. The van der Waals surface area contributed by atoms with Gasteiger partial charge in [0.15, 0.2) is 0 Å². The Morgan fingerprint density at radius 1 is 0.396 bits per heavy atom. The molecule has 0 unspecified atom stereocenters. The van der Waals surface area contributed by atoms with E-state index in [9.17, 15) is 0 Å². The Morgan fingerprint density at radius 2 is 0.708 bits per heavy atom. The van der Waals surface area contributed by atoms with Gasteiger partial charge in [-0.15, -0.1) is 12.8 Å².